The van der Waals surface area contributed by atoms with Crippen LogP contribution in [0, 0.1) is 10.1 Å². The first-order valence-corrected chi connectivity index (χ1v) is 8.62. The van der Waals surface area contributed by atoms with E-state index < -0.39 is 0 Å². The van der Waals surface area contributed by atoms with Crippen molar-refractivity contribution in [1.29, 1.82) is 0 Å². The third kappa shape index (κ3) is 4.34. The van der Waals surface area contributed by atoms with Crippen LogP contribution in [0.4, 0.5) is 5.69 Å². The molecule has 0 radical (unpaired) electrons. The van der Waals surface area contributed by atoms with Crippen LogP contribution in [-0.4, -0.2) is 69.0 Å². The van der Waals surface area contributed by atoms with Gasteiger partial charge < -0.3 is 9.47 Å². The smallest absolute Gasteiger partial charge is 0.283 e. The molecule has 132 valence electrons. The summed E-state index contributed by atoms with van der Waals surface area (Å²) in [5, 5.41) is 26.2. The van der Waals surface area contributed by atoms with Crippen LogP contribution < -0.4 is 0 Å². The van der Waals surface area contributed by atoms with Gasteiger partial charge in [-0.1, -0.05) is 6.07 Å². The number of rotatable bonds is 5. The Balaban J connectivity index is 1.77. The Kier molecular flexibility index (Phi) is 5.29. The molecule has 10 heteroatoms. The molecule has 25 heavy (non-hydrogen) atoms. The number of aromatic nitrogens is 3. The van der Waals surface area contributed by atoms with Crippen molar-refractivity contribution in [2.75, 3.05) is 33.2 Å². The van der Waals surface area contributed by atoms with E-state index in [9.17, 15) is 10.1 Å². The van der Waals surface area contributed by atoms with Crippen LogP contribution in [0.25, 0.3) is 0 Å². The molecule has 0 saturated carbocycles. The van der Waals surface area contributed by atoms with Crippen LogP contribution in [0.1, 0.15) is 5.56 Å². The standard InChI is InChI=1S/C15H19N7O2S/c1-19-5-7-21(8-6-19)17-10-12-3-4-14(13(9-12)22(23)24)25-15-18-16-11-20(15)2/h3-4,9-11H,5-8H2,1-2H3. The summed E-state index contributed by atoms with van der Waals surface area (Å²) >= 11 is 1.22. The van der Waals surface area contributed by atoms with E-state index in [4.69, 9.17) is 0 Å². The first-order valence-electron chi connectivity index (χ1n) is 7.80. The Morgan fingerprint density at radius 3 is 2.68 bits per heavy atom. The molecule has 1 saturated heterocycles. The third-order valence-corrected chi connectivity index (χ3v) is 5.02. The SMILES string of the molecule is CN1CCN(N=Cc2ccc(Sc3nncn3C)c([N+](=O)[O-])c2)CC1. The number of piperazine rings is 1. The van der Waals surface area contributed by atoms with Crippen molar-refractivity contribution >= 4 is 23.7 Å². The number of nitrogens with zero attached hydrogens (tertiary/aromatic N) is 7. The fourth-order valence-electron chi connectivity index (χ4n) is 2.37. The number of nitro groups is 1. The van der Waals surface area contributed by atoms with Crippen LogP contribution in [0.3, 0.4) is 0 Å². The highest BCUT2D eigenvalue weighted by atomic mass is 32.2. The third-order valence-electron chi connectivity index (χ3n) is 3.90. The maximum absolute atomic E-state index is 11.4. The van der Waals surface area contributed by atoms with Crippen LogP contribution in [0.5, 0.6) is 0 Å². The van der Waals surface area contributed by atoms with E-state index in [2.05, 4.69) is 27.2 Å². The lowest BCUT2D eigenvalue weighted by Gasteiger charge is -2.30. The zero-order valence-electron chi connectivity index (χ0n) is 14.1. The van der Waals surface area contributed by atoms with Gasteiger partial charge in [-0.25, -0.2) is 0 Å². The van der Waals surface area contributed by atoms with Crippen LogP contribution in [0.15, 0.2) is 39.7 Å². The Hall–Kier alpha value is -2.46. The lowest BCUT2D eigenvalue weighted by molar-refractivity contribution is -0.387. The molecular weight excluding hydrogens is 342 g/mol. The predicted octanol–water partition coefficient (Wildman–Crippen LogP) is 1.46. The Bertz CT molecular complexity index is 784. The minimum absolute atomic E-state index is 0.0373. The topological polar surface area (TPSA) is 92.7 Å². The van der Waals surface area contributed by atoms with Gasteiger partial charge in [0.05, 0.1) is 16.0 Å². The summed E-state index contributed by atoms with van der Waals surface area (Å²) < 4.78 is 1.72. The largest absolute Gasteiger partial charge is 0.311 e. The number of hydrazone groups is 1. The lowest BCUT2D eigenvalue weighted by atomic mass is 10.2. The van der Waals surface area contributed by atoms with Gasteiger partial charge in [-0.15, -0.1) is 10.2 Å². The van der Waals surface area contributed by atoms with Gasteiger partial charge in [0.25, 0.3) is 5.69 Å². The molecule has 1 aromatic heterocycles. The maximum Gasteiger partial charge on any atom is 0.283 e. The first kappa shape index (κ1) is 17.4. The molecule has 2 heterocycles. The second-order valence-corrected chi connectivity index (χ2v) is 6.82. The first-order chi connectivity index (χ1) is 12.0. The van der Waals surface area contributed by atoms with Gasteiger partial charge in [-0.2, -0.15) is 5.10 Å². The summed E-state index contributed by atoms with van der Waals surface area (Å²) in [4.78, 5) is 13.8. The van der Waals surface area contributed by atoms with Crippen molar-refractivity contribution in [3.8, 4) is 0 Å². The second-order valence-electron chi connectivity index (χ2n) is 5.81. The zero-order valence-corrected chi connectivity index (χ0v) is 14.9. The Morgan fingerprint density at radius 2 is 2.04 bits per heavy atom. The summed E-state index contributed by atoms with van der Waals surface area (Å²) in [6.07, 6.45) is 3.24. The molecule has 1 aliphatic rings. The molecule has 0 N–H and O–H groups in total. The summed E-state index contributed by atoms with van der Waals surface area (Å²) in [5.41, 5.74) is 0.739. The van der Waals surface area contributed by atoms with Crippen LogP contribution >= 0.6 is 11.8 Å². The lowest BCUT2D eigenvalue weighted by Crippen LogP contribution is -2.41. The number of benzene rings is 1. The van der Waals surface area contributed by atoms with Crippen molar-refractivity contribution in [3.63, 3.8) is 0 Å². The average Bonchev–Trinajstić information content (AvgIpc) is 3.00. The number of aryl methyl sites for hydroxylation is 1. The molecular formula is C15H19N7O2S. The predicted molar refractivity (Wildman–Crippen MR) is 94.9 cm³/mol. The molecule has 1 aromatic carbocycles. The molecule has 1 fully saturated rings. The van der Waals surface area contributed by atoms with Gasteiger partial charge in [0.1, 0.15) is 6.33 Å². The van der Waals surface area contributed by atoms with Crippen molar-refractivity contribution in [3.05, 3.63) is 40.2 Å². The van der Waals surface area contributed by atoms with Crippen molar-refractivity contribution in [1.82, 2.24) is 24.7 Å². The minimum Gasteiger partial charge on any atom is -0.311 e. The fraction of sp³-hybridized carbons (Fsp3) is 0.400. The molecule has 0 spiro atoms. The van der Waals surface area contributed by atoms with Crippen molar-refractivity contribution in [2.45, 2.75) is 10.1 Å². The Morgan fingerprint density at radius 1 is 1.28 bits per heavy atom. The highest BCUT2D eigenvalue weighted by Crippen LogP contribution is 2.33. The summed E-state index contributed by atoms with van der Waals surface area (Å²) in [5.74, 6) is 0. The molecule has 0 aliphatic carbocycles. The number of hydrogen-bond acceptors (Lipinski definition) is 8. The molecule has 0 bridgehead atoms. The van der Waals surface area contributed by atoms with Gasteiger partial charge in [-0.05, 0) is 24.9 Å². The molecule has 0 amide bonds. The van der Waals surface area contributed by atoms with Crippen molar-refractivity contribution < 1.29 is 4.92 Å². The van der Waals surface area contributed by atoms with Gasteiger partial charge in [0, 0.05) is 44.9 Å². The van der Waals surface area contributed by atoms with Crippen LogP contribution in [0.2, 0.25) is 0 Å². The maximum atomic E-state index is 11.4. The van der Waals surface area contributed by atoms with Gasteiger partial charge in [-0.3, -0.25) is 15.1 Å². The minimum atomic E-state index is -0.383. The molecule has 3 rings (SSSR count). The van der Waals surface area contributed by atoms with E-state index in [0.717, 1.165) is 26.2 Å². The second kappa shape index (κ2) is 7.62. The van der Waals surface area contributed by atoms with E-state index in [1.807, 2.05) is 11.1 Å². The quantitative estimate of drug-likeness (QED) is 0.452. The highest BCUT2D eigenvalue weighted by molar-refractivity contribution is 7.99. The summed E-state index contributed by atoms with van der Waals surface area (Å²) in [6, 6.07) is 5.09. The van der Waals surface area contributed by atoms with E-state index in [-0.39, 0.29) is 10.6 Å². The fourth-order valence-corrected chi connectivity index (χ4v) is 3.22. The zero-order chi connectivity index (χ0) is 17.8. The molecule has 0 unspecified atom stereocenters. The number of likely N-dealkylation sites (N-methyl/N-ethyl adjacent to an activating group) is 1. The summed E-state index contributed by atoms with van der Waals surface area (Å²) in [6.45, 7) is 3.64. The van der Waals surface area contributed by atoms with E-state index in [0.29, 0.717) is 15.6 Å². The van der Waals surface area contributed by atoms with Gasteiger partial charge >= 0.3 is 0 Å². The van der Waals surface area contributed by atoms with Crippen LogP contribution in [-0.2, 0) is 7.05 Å². The molecule has 2 aromatic rings. The normalized spacial score (nSPS) is 15.8. The van der Waals surface area contributed by atoms with Gasteiger partial charge in [0.2, 0.25) is 0 Å². The molecule has 1 aliphatic heterocycles. The molecule has 0 atom stereocenters. The van der Waals surface area contributed by atoms with Gasteiger partial charge in [0.15, 0.2) is 5.16 Å². The molecule has 9 nitrogen and oxygen atoms in total. The van der Waals surface area contributed by atoms with Crippen molar-refractivity contribution in [2.24, 2.45) is 12.1 Å². The van der Waals surface area contributed by atoms with E-state index >= 15 is 0 Å². The van der Waals surface area contributed by atoms with E-state index in [1.54, 1.807) is 30.2 Å². The summed E-state index contributed by atoms with van der Waals surface area (Å²) in [7, 11) is 3.88. The van der Waals surface area contributed by atoms with E-state index in [1.165, 1.54) is 17.8 Å². The average molecular weight is 361 g/mol. The Labute approximate surface area is 149 Å². The monoisotopic (exact) mass is 361 g/mol. The number of hydrogen-bond donors (Lipinski definition) is 0. The number of nitro benzene ring substituents is 1. The highest BCUT2D eigenvalue weighted by Gasteiger charge is 2.18.